The van der Waals surface area contributed by atoms with Gasteiger partial charge in [0.1, 0.15) is 6.61 Å². The predicted octanol–water partition coefficient (Wildman–Crippen LogP) is 2.03. The number of Topliss-reactive ketones (excluding diaryl/α,β-unsaturated/α-hetero) is 1. The smallest absolute Gasteiger partial charge is 0.179 e. The lowest BCUT2D eigenvalue weighted by molar-refractivity contribution is 0.0968. The Hall–Kier alpha value is -2.05. The van der Waals surface area contributed by atoms with Crippen LogP contribution in [0, 0.1) is 11.8 Å². The topological polar surface area (TPSA) is 53.1 Å². The molecule has 3 heteroatoms. The van der Waals surface area contributed by atoms with Gasteiger partial charge in [-0.3, -0.25) is 4.79 Å². The lowest BCUT2D eigenvalue weighted by Crippen LogP contribution is -2.09. The molecule has 1 aliphatic carbocycles. The number of carbonyl (C=O) groups excluding carboxylic acids is 1. The van der Waals surface area contributed by atoms with E-state index >= 15 is 0 Å². The Morgan fingerprint density at radius 3 is 3.06 bits per heavy atom. The van der Waals surface area contributed by atoms with E-state index in [0.29, 0.717) is 6.42 Å². The van der Waals surface area contributed by atoms with Gasteiger partial charge in [0.2, 0.25) is 0 Å². The molecule has 1 heterocycles. The molecule has 2 aromatic rings. The van der Waals surface area contributed by atoms with Crippen LogP contribution in [0.5, 0.6) is 0 Å². The van der Waals surface area contributed by atoms with E-state index in [0.717, 1.165) is 40.6 Å². The number of aromatic amines is 1. The fraction of sp³-hybridized carbons (Fsp3) is 0.267. The second kappa shape index (κ2) is 4.32. The van der Waals surface area contributed by atoms with Crippen molar-refractivity contribution in [2.45, 2.75) is 19.3 Å². The number of aliphatic hydroxyl groups is 1. The van der Waals surface area contributed by atoms with Crippen LogP contribution < -0.4 is 0 Å². The van der Waals surface area contributed by atoms with E-state index in [1.54, 1.807) is 0 Å². The van der Waals surface area contributed by atoms with Crippen LogP contribution in [0.15, 0.2) is 18.2 Å². The number of aryl methyl sites for hydroxylation is 1. The quantitative estimate of drug-likeness (QED) is 0.691. The van der Waals surface area contributed by atoms with Crippen LogP contribution >= 0.6 is 0 Å². The maximum absolute atomic E-state index is 11.8. The zero-order valence-corrected chi connectivity index (χ0v) is 9.92. The number of carbonyl (C=O) groups is 1. The molecule has 90 valence electrons. The summed E-state index contributed by atoms with van der Waals surface area (Å²) >= 11 is 0. The molecule has 1 aliphatic rings. The van der Waals surface area contributed by atoms with Crippen molar-refractivity contribution in [3.63, 3.8) is 0 Å². The van der Waals surface area contributed by atoms with Gasteiger partial charge in [-0.2, -0.15) is 0 Å². The molecule has 3 rings (SSSR count). The highest BCUT2D eigenvalue weighted by Crippen LogP contribution is 2.29. The monoisotopic (exact) mass is 239 g/mol. The molecule has 0 unspecified atom stereocenters. The first-order valence-corrected chi connectivity index (χ1v) is 6.07. The van der Waals surface area contributed by atoms with Crippen LogP contribution in [0.1, 0.15) is 34.5 Å². The lowest BCUT2D eigenvalue weighted by Gasteiger charge is -2.09. The minimum atomic E-state index is -0.137. The maximum atomic E-state index is 11.8. The summed E-state index contributed by atoms with van der Waals surface area (Å²) in [5, 5.41) is 9.79. The molecule has 18 heavy (non-hydrogen) atoms. The third-order valence-corrected chi connectivity index (χ3v) is 3.33. The molecular formula is C15H13NO2. The summed E-state index contributed by atoms with van der Waals surface area (Å²) in [7, 11) is 0. The van der Waals surface area contributed by atoms with Crippen molar-refractivity contribution >= 4 is 16.7 Å². The molecule has 1 aromatic heterocycles. The van der Waals surface area contributed by atoms with Crippen molar-refractivity contribution in [3.8, 4) is 11.8 Å². The lowest BCUT2D eigenvalue weighted by atomic mass is 9.94. The average molecular weight is 239 g/mol. The Balaban J connectivity index is 2.18. The zero-order valence-electron chi connectivity index (χ0n) is 9.92. The number of benzene rings is 1. The molecule has 1 aromatic carbocycles. The van der Waals surface area contributed by atoms with Crippen molar-refractivity contribution in [2.75, 3.05) is 6.61 Å². The highest BCUT2D eigenvalue weighted by atomic mass is 16.2. The van der Waals surface area contributed by atoms with Crippen molar-refractivity contribution in [2.24, 2.45) is 0 Å². The Morgan fingerprint density at radius 1 is 1.33 bits per heavy atom. The molecule has 0 fully saturated rings. The summed E-state index contributed by atoms with van der Waals surface area (Å²) in [5.41, 5.74) is 3.75. The Kier molecular flexibility index (Phi) is 2.66. The Labute approximate surface area is 105 Å². The Morgan fingerprint density at radius 2 is 2.22 bits per heavy atom. The van der Waals surface area contributed by atoms with Gasteiger partial charge in [0, 0.05) is 22.9 Å². The zero-order chi connectivity index (χ0) is 12.5. The average Bonchev–Trinajstić information content (AvgIpc) is 2.76. The molecule has 0 saturated carbocycles. The van der Waals surface area contributed by atoms with Crippen LogP contribution in [-0.4, -0.2) is 22.5 Å². The van der Waals surface area contributed by atoms with Crippen LogP contribution in [0.4, 0.5) is 0 Å². The van der Waals surface area contributed by atoms with E-state index in [4.69, 9.17) is 5.11 Å². The SMILES string of the molecule is O=C1CCCc2c1[nH]c1ccc(C#CCO)cc21. The third kappa shape index (κ3) is 1.71. The van der Waals surface area contributed by atoms with Gasteiger partial charge in [-0.15, -0.1) is 0 Å². The molecule has 0 saturated heterocycles. The first kappa shape index (κ1) is 11.1. The fourth-order valence-corrected chi connectivity index (χ4v) is 2.52. The van der Waals surface area contributed by atoms with E-state index in [9.17, 15) is 4.79 Å². The summed E-state index contributed by atoms with van der Waals surface area (Å²) in [6.45, 7) is -0.137. The number of fused-ring (bicyclic) bond motifs is 3. The van der Waals surface area contributed by atoms with Gasteiger partial charge in [-0.05, 0) is 36.6 Å². The summed E-state index contributed by atoms with van der Waals surface area (Å²) in [6.07, 6.45) is 2.50. The van der Waals surface area contributed by atoms with Gasteiger partial charge in [0.05, 0.1) is 5.69 Å². The molecular weight excluding hydrogens is 226 g/mol. The standard InChI is InChI=1S/C15H13NO2/c17-8-2-3-10-6-7-13-12(9-10)11-4-1-5-14(18)15(11)16-13/h6-7,9,16-17H,1,4-5,8H2. The number of aromatic nitrogens is 1. The van der Waals surface area contributed by atoms with Crippen molar-refractivity contribution in [3.05, 3.63) is 35.0 Å². The van der Waals surface area contributed by atoms with Crippen molar-refractivity contribution < 1.29 is 9.90 Å². The second-order valence-corrected chi connectivity index (χ2v) is 4.48. The summed E-state index contributed by atoms with van der Waals surface area (Å²) < 4.78 is 0. The maximum Gasteiger partial charge on any atom is 0.179 e. The van der Waals surface area contributed by atoms with Gasteiger partial charge >= 0.3 is 0 Å². The predicted molar refractivity (Wildman–Crippen MR) is 69.5 cm³/mol. The van der Waals surface area contributed by atoms with Crippen molar-refractivity contribution in [1.29, 1.82) is 0 Å². The van der Waals surface area contributed by atoms with E-state index < -0.39 is 0 Å². The summed E-state index contributed by atoms with van der Waals surface area (Å²) in [6, 6.07) is 5.84. The minimum absolute atomic E-state index is 0.137. The van der Waals surface area contributed by atoms with Crippen LogP contribution in [0.3, 0.4) is 0 Å². The molecule has 0 aliphatic heterocycles. The van der Waals surface area contributed by atoms with E-state index in [2.05, 4.69) is 16.8 Å². The molecule has 3 nitrogen and oxygen atoms in total. The van der Waals surface area contributed by atoms with Crippen LogP contribution in [0.25, 0.3) is 10.9 Å². The first-order chi connectivity index (χ1) is 8.79. The highest BCUT2D eigenvalue weighted by Gasteiger charge is 2.21. The highest BCUT2D eigenvalue weighted by molar-refractivity contribution is 6.03. The molecule has 0 atom stereocenters. The normalized spacial score (nSPS) is 14.2. The van der Waals surface area contributed by atoms with Gasteiger partial charge in [0.25, 0.3) is 0 Å². The number of ketones is 1. The van der Waals surface area contributed by atoms with Crippen LogP contribution in [0.2, 0.25) is 0 Å². The summed E-state index contributed by atoms with van der Waals surface area (Å²) in [4.78, 5) is 15.0. The Bertz CT molecular complexity index is 686. The molecule has 0 bridgehead atoms. The first-order valence-electron chi connectivity index (χ1n) is 6.07. The minimum Gasteiger partial charge on any atom is -0.384 e. The van der Waals surface area contributed by atoms with Gasteiger partial charge in [0.15, 0.2) is 5.78 Å². The number of nitrogens with one attached hydrogen (secondary N) is 1. The van der Waals surface area contributed by atoms with E-state index in [1.165, 1.54) is 0 Å². The summed E-state index contributed by atoms with van der Waals surface area (Å²) in [5.74, 6) is 5.74. The molecule has 0 amide bonds. The number of aliphatic hydroxyl groups excluding tert-OH is 1. The van der Waals surface area contributed by atoms with Crippen LogP contribution in [-0.2, 0) is 6.42 Å². The van der Waals surface area contributed by atoms with Crippen molar-refractivity contribution in [1.82, 2.24) is 4.98 Å². The number of H-pyrrole nitrogens is 1. The molecule has 0 radical (unpaired) electrons. The number of rotatable bonds is 0. The molecule has 2 N–H and O–H groups in total. The van der Waals surface area contributed by atoms with E-state index in [1.807, 2.05) is 18.2 Å². The third-order valence-electron chi connectivity index (χ3n) is 3.33. The van der Waals surface area contributed by atoms with Gasteiger partial charge < -0.3 is 10.1 Å². The number of hydrogen-bond donors (Lipinski definition) is 2. The van der Waals surface area contributed by atoms with Gasteiger partial charge in [-0.1, -0.05) is 11.8 Å². The van der Waals surface area contributed by atoms with Gasteiger partial charge in [-0.25, -0.2) is 0 Å². The fourth-order valence-electron chi connectivity index (χ4n) is 2.52. The number of hydrogen-bond acceptors (Lipinski definition) is 2. The second-order valence-electron chi connectivity index (χ2n) is 4.48. The largest absolute Gasteiger partial charge is 0.384 e. The van der Waals surface area contributed by atoms with E-state index in [-0.39, 0.29) is 12.4 Å². The molecule has 0 spiro atoms.